The number of aromatic nitrogens is 2. The van der Waals surface area contributed by atoms with Crippen LogP contribution in [0.2, 0.25) is 0 Å². The third kappa shape index (κ3) is 4.39. The van der Waals surface area contributed by atoms with Crippen LogP contribution in [0.3, 0.4) is 0 Å². The zero-order valence-corrected chi connectivity index (χ0v) is 19.0. The van der Waals surface area contributed by atoms with Crippen LogP contribution in [0.1, 0.15) is 36.8 Å². The molecule has 4 rings (SSSR count). The quantitative estimate of drug-likeness (QED) is 0.744. The highest BCUT2D eigenvalue weighted by atomic mass is 32.2. The van der Waals surface area contributed by atoms with Crippen LogP contribution in [0.25, 0.3) is 11.0 Å². The molecular formula is C22H32N4O3S. The molecule has 1 aromatic carbocycles. The first-order valence-electron chi connectivity index (χ1n) is 10.9. The van der Waals surface area contributed by atoms with Gasteiger partial charge in [-0.1, -0.05) is 0 Å². The van der Waals surface area contributed by atoms with Crippen LogP contribution in [0, 0.1) is 25.7 Å². The van der Waals surface area contributed by atoms with E-state index in [1.54, 1.807) is 0 Å². The highest BCUT2D eigenvalue weighted by molar-refractivity contribution is 7.88. The van der Waals surface area contributed by atoms with Crippen molar-refractivity contribution in [3.63, 3.8) is 0 Å². The van der Waals surface area contributed by atoms with Crippen LogP contribution in [0.15, 0.2) is 18.5 Å². The molecule has 7 nitrogen and oxygen atoms in total. The van der Waals surface area contributed by atoms with E-state index in [4.69, 9.17) is 0 Å². The molecule has 1 aromatic heterocycles. The van der Waals surface area contributed by atoms with Gasteiger partial charge in [0.05, 0.1) is 23.6 Å². The van der Waals surface area contributed by atoms with Gasteiger partial charge in [0.1, 0.15) is 0 Å². The van der Waals surface area contributed by atoms with Gasteiger partial charge in [-0.25, -0.2) is 17.7 Å². The van der Waals surface area contributed by atoms with Gasteiger partial charge in [0, 0.05) is 38.6 Å². The molecule has 0 N–H and O–H groups in total. The number of piperidine rings is 2. The largest absolute Gasteiger partial charge is 0.342 e. The number of hydrogen-bond acceptors (Lipinski definition) is 4. The minimum atomic E-state index is -3.15. The number of nitrogens with zero attached hydrogens (tertiary/aromatic N) is 4. The zero-order chi connectivity index (χ0) is 21.5. The molecule has 164 valence electrons. The Morgan fingerprint density at radius 1 is 1.03 bits per heavy atom. The van der Waals surface area contributed by atoms with Crippen molar-refractivity contribution in [2.45, 2.75) is 46.1 Å². The van der Waals surface area contributed by atoms with Crippen molar-refractivity contribution in [2.24, 2.45) is 11.8 Å². The summed E-state index contributed by atoms with van der Waals surface area (Å²) in [6.45, 7) is 7.69. The SMILES string of the molecule is Cc1cc2ncn(CC3CCN(C(=O)C4CCN(S(C)(=O)=O)CC4)CC3)c2cc1C. The number of fused-ring (bicyclic) bond motifs is 1. The van der Waals surface area contributed by atoms with Crippen molar-refractivity contribution in [3.05, 3.63) is 29.6 Å². The average Bonchev–Trinajstić information content (AvgIpc) is 3.09. The smallest absolute Gasteiger partial charge is 0.225 e. The lowest BCUT2D eigenvalue weighted by molar-refractivity contribution is -0.138. The Kier molecular flexibility index (Phi) is 5.90. The summed E-state index contributed by atoms with van der Waals surface area (Å²) < 4.78 is 27.1. The van der Waals surface area contributed by atoms with Crippen LogP contribution < -0.4 is 0 Å². The third-order valence-corrected chi connectivity index (χ3v) is 8.19. The topological polar surface area (TPSA) is 75.5 Å². The molecule has 30 heavy (non-hydrogen) atoms. The van der Waals surface area contributed by atoms with E-state index in [-0.39, 0.29) is 11.8 Å². The van der Waals surface area contributed by atoms with Crippen molar-refractivity contribution < 1.29 is 13.2 Å². The zero-order valence-electron chi connectivity index (χ0n) is 18.2. The van der Waals surface area contributed by atoms with Gasteiger partial charge in [0.15, 0.2) is 0 Å². The Balaban J connectivity index is 1.31. The molecule has 0 unspecified atom stereocenters. The Morgan fingerprint density at radius 2 is 1.67 bits per heavy atom. The maximum atomic E-state index is 12.9. The number of imidazole rings is 1. The van der Waals surface area contributed by atoms with E-state index in [0.29, 0.717) is 31.8 Å². The molecule has 2 aliphatic rings. The fraction of sp³-hybridized carbons (Fsp3) is 0.636. The van der Waals surface area contributed by atoms with E-state index in [1.807, 2.05) is 11.2 Å². The van der Waals surface area contributed by atoms with Gasteiger partial charge in [0.25, 0.3) is 0 Å². The van der Waals surface area contributed by atoms with Crippen molar-refractivity contribution in [3.8, 4) is 0 Å². The second kappa shape index (κ2) is 8.30. The van der Waals surface area contributed by atoms with Crippen molar-refractivity contribution in [2.75, 3.05) is 32.4 Å². The Morgan fingerprint density at radius 3 is 2.30 bits per heavy atom. The number of benzene rings is 1. The number of aryl methyl sites for hydroxylation is 2. The molecule has 2 saturated heterocycles. The number of carbonyl (C=O) groups is 1. The van der Waals surface area contributed by atoms with Gasteiger partial charge in [-0.3, -0.25) is 4.79 Å². The first-order chi connectivity index (χ1) is 14.2. The first kappa shape index (κ1) is 21.3. The lowest BCUT2D eigenvalue weighted by Crippen LogP contribution is -2.46. The fourth-order valence-corrected chi connectivity index (χ4v) is 5.64. The lowest BCUT2D eigenvalue weighted by Gasteiger charge is -2.36. The van der Waals surface area contributed by atoms with Gasteiger partial charge >= 0.3 is 0 Å². The summed E-state index contributed by atoms with van der Waals surface area (Å²) in [4.78, 5) is 19.5. The number of likely N-dealkylation sites (tertiary alicyclic amines) is 1. The molecule has 2 fully saturated rings. The van der Waals surface area contributed by atoms with Gasteiger partial charge in [-0.05, 0) is 68.7 Å². The molecule has 0 bridgehead atoms. The molecule has 0 spiro atoms. The second-order valence-electron chi connectivity index (χ2n) is 9.03. The van der Waals surface area contributed by atoms with Crippen LogP contribution in [0.4, 0.5) is 0 Å². The number of amides is 1. The Labute approximate surface area is 179 Å². The van der Waals surface area contributed by atoms with E-state index in [1.165, 1.54) is 27.2 Å². The van der Waals surface area contributed by atoms with E-state index < -0.39 is 10.0 Å². The maximum absolute atomic E-state index is 12.9. The first-order valence-corrected chi connectivity index (χ1v) is 12.7. The van der Waals surface area contributed by atoms with E-state index in [0.717, 1.165) is 38.0 Å². The standard InChI is InChI=1S/C22H32N4O3S/c1-16-12-20-21(13-17(16)2)25(15-23-20)14-18-4-8-24(9-5-18)22(27)19-6-10-26(11-7-19)30(3,28)29/h12-13,15,18-19H,4-11,14H2,1-3H3. The Bertz CT molecular complexity index is 1030. The minimum absolute atomic E-state index is 0.0386. The Hall–Kier alpha value is -1.93. The molecule has 1 amide bonds. The molecule has 2 aliphatic heterocycles. The summed E-state index contributed by atoms with van der Waals surface area (Å²) in [5.41, 5.74) is 4.79. The van der Waals surface area contributed by atoms with Crippen LogP contribution >= 0.6 is 0 Å². The van der Waals surface area contributed by atoms with Gasteiger partial charge in [-0.15, -0.1) is 0 Å². The molecule has 0 saturated carbocycles. The molecular weight excluding hydrogens is 400 g/mol. The highest BCUT2D eigenvalue weighted by Crippen LogP contribution is 2.27. The average molecular weight is 433 g/mol. The van der Waals surface area contributed by atoms with Crippen molar-refractivity contribution in [1.29, 1.82) is 0 Å². The lowest BCUT2D eigenvalue weighted by atomic mass is 9.92. The molecule has 8 heteroatoms. The van der Waals surface area contributed by atoms with Gasteiger partial charge in [-0.2, -0.15) is 0 Å². The number of rotatable bonds is 4. The summed E-state index contributed by atoms with van der Waals surface area (Å²) in [5.74, 6) is 0.712. The fourth-order valence-electron chi connectivity index (χ4n) is 4.77. The summed E-state index contributed by atoms with van der Waals surface area (Å²) in [6.07, 6.45) is 6.44. The predicted octanol–water partition coefficient (Wildman–Crippen LogP) is 2.56. The number of carbonyl (C=O) groups excluding carboxylic acids is 1. The number of hydrogen-bond donors (Lipinski definition) is 0. The predicted molar refractivity (Wildman–Crippen MR) is 118 cm³/mol. The maximum Gasteiger partial charge on any atom is 0.225 e. The van der Waals surface area contributed by atoms with Crippen molar-refractivity contribution >= 4 is 27.0 Å². The van der Waals surface area contributed by atoms with E-state index in [9.17, 15) is 13.2 Å². The van der Waals surface area contributed by atoms with Crippen molar-refractivity contribution in [1.82, 2.24) is 18.8 Å². The second-order valence-corrected chi connectivity index (χ2v) is 11.0. The normalized spacial score (nSPS) is 20.2. The third-order valence-electron chi connectivity index (χ3n) is 6.89. The minimum Gasteiger partial charge on any atom is -0.342 e. The molecule has 3 heterocycles. The van der Waals surface area contributed by atoms with Gasteiger partial charge < -0.3 is 9.47 Å². The molecule has 0 radical (unpaired) electrons. The van der Waals surface area contributed by atoms with Crippen LogP contribution in [0.5, 0.6) is 0 Å². The van der Waals surface area contributed by atoms with Gasteiger partial charge in [0.2, 0.25) is 15.9 Å². The number of sulfonamides is 1. The molecule has 0 atom stereocenters. The summed E-state index contributed by atoms with van der Waals surface area (Å²) in [7, 11) is -3.15. The molecule has 2 aromatic rings. The summed E-state index contributed by atoms with van der Waals surface area (Å²) in [6, 6.07) is 4.37. The molecule has 0 aliphatic carbocycles. The summed E-state index contributed by atoms with van der Waals surface area (Å²) in [5, 5.41) is 0. The summed E-state index contributed by atoms with van der Waals surface area (Å²) >= 11 is 0. The highest BCUT2D eigenvalue weighted by Gasteiger charge is 2.33. The van der Waals surface area contributed by atoms with E-state index in [2.05, 4.69) is 35.5 Å². The van der Waals surface area contributed by atoms with E-state index >= 15 is 0 Å². The van der Waals surface area contributed by atoms with Crippen LogP contribution in [-0.2, 0) is 21.4 Å². The monoisotopic (exact) mass is 432 g/mol. The van der Waals surface area contributed by atoms with Crippen LogP contribution in [-0.4, -0.2) is 65.5 Å².